The molecule has 2 aromatic heterocycles. The molecule has 0 atom stereocenters. The van der Waals surface area contributed by atoms with Crippen molar-refractivity contribution in [3.63, 3.8) is 0 Å². The van der Waals surface area contributed by atoms with Gasteiger partial charge in [-0.15, -0.1) is 10.2 Å². The summed E-state index contributed by atoms with van der Waals surface area (Å²) in [6.45, 7) is 6.46. The summed E-state index contributed by atoms with van der Waals surface area (Å²) < 4.78 is 16.5. The van der Waals surface area contributed by atoms with Crippen LogP contribution in [0.4, 0.5) is 4.39 Å². The van der Waals surface area contributed by atoms with Gasteiger partial charge in [-0.1, -0.05) is 49.7 Å². The summed E-state index contributed by atoms with van der Waals surface area (Å²) in [5, 5.41) is 11.2. The smallest absolute Gasteiger partial charge is 0.300 e. The Balaban J connectivity index is 1.47. The molecule has 1 N–H and O–H groups in total. The third-order valence-electron chi connectivity index (χ3n) is 5.51. The van der Waals surface area contributed by atoms with Crippen LogP contribution in [0.5, 0.6) is 0 Å². The minimum absolute atomic E-state index is 0.0529. The highest BCUT2D eigenvalue weighted by Gasteiger charge is 2.25. The van der Waals surface area contributed by atoms with Crippen LogP contribution >= 0.6 is 0 Å². The van der Waals surface area contributed by atoms with Crippen LogP contribution in [-0.2, 0) is 17.8 Å². The first-order chi connectivity index (χ1) is 15.7. The molecular formula is C25H26FN5O2. The highest BCUT2D eigenvalue weighted by Crippen LogP contribution is 2.25. The van der Waals surface area contributed by atoms with E-state index < -0.39 is 16.8 Å². The molecule has 0 aliphatic carbocycles. The largest absolute Gasteiger partial charge is 0.352 e. The fraction of sp³-hybridized carbons (Fsp3) is 0.280. The number of carbonyl (C=O) groups excluding carboxylic acids is 1. The Morgan fingerprint density at radius 1 is 1.09 bits per heavy atom. The third-order valence-corrected chi connectivity index (χ3v) is 5.51. The van der Waals surface area contributed by atoms with E-state index in [1.807, 2.05) is 45.0 Å². The lowest BCUT2D eigenvalue weighted by atomic mass is 9.85. The van der Waals surface area contributed by atoms with Gasteiger partial charge in [0, 0.05) is 31.8 Å². The van der Waals surface area contributed by atoms with Crippen LogP contribution in [0.25, 0.3) is 11.3 Å². The van der Waals surface area contributed by atoms with Gasteiger partial charge in [0.2, 0.25) is 11.6 Å². The topological polar surface area (TPSA) is 81.3 Å². The molecule has 170 valence electrons. The molecule has 0 saturated carbocycles. The Kier molecular flexibility index (Phi) is 6.09. The molecule has 1 amide bonds. The molecule has 0 aliphatic rings. The minimum Gasteiger partial charge on any atom is -0.352 e. The van der Waals surface area contributed by atoms with Crippen molar-refractivity contribution in [3.05, 3.63) is 94.0 Å². The van der Waals surface area contributed by atoms with Gasteiger partial charge in [-0.3, -0.25) is 18.6 Å². The highest BCUT2D eigenvalue weighted by molar-refractivity contribution is 5.76. The molecule has 33 heavy (non-hydrogen) atoms. The van der Waals surface area contributed by atoms with Crippen molar-refractivity contribution in [2.45, 2.75) is 40.2 Å². The summed E-state index contributed by atoms with van der Waals surface area (Å²) >= 11 is 0. The van der Waals surface area contributed by atoms with Crippen molar-refractivity contribution in [2.24, 2.45) is 5.41 Å². The number of halogens is 1. The van der Waals surface area contributed by atoms with Gasteiger partial charge >= 0.3 is 5.56 Å². The van der Waals surface area contributed by atoms with Crippen molar-refractivity contribution in [2.75, 3.05) is 0 Å². The molecule has 7 nitrogen and oxygen atoms in total. The first-order valence-corrected chi connectivity index (χ1v) is 10.8. The predicted octanol–water partition coefficient (Wildman–Crippen LogP) is 3.60. The standard InChI is InChI=1S/C25H26FN5O2/c1-17-7-9-18(10-8-17)16-27-22(32)15-25(2,3)14-21-28-29-23-24(33)30(11-12-31(21)23)20-6-4-5-19(26)13-20/h4-13H,14-16H2,1-3H3,(H,27,32). The van der Waals surface area contributed by atoms with Crippen LogP contribution < -0.4 is 10.9 Å². The Labute approximate surface area is 190 Å². The maximum Gasteiger partial charge on any atom is 0.300 e. The van der Waals surface area contributed by atoms with E-state index >= 15 is 0 Å². The number of hydrogen-bond donors (Lipinski definition) is 1. The van der Waals surface area contributed by atoms with E-state index in [1.54, 1.807) is 28.9 Å². The second kappa shape index (κ2) is 8.97. The van der Waals surface area contributed by atoms with E-state index in [-0.39, 0.29) is 11.6 Å². The van der Waals surface area contributed by atoms with Crippen LogP contribution in [0.15, 0.2) is 65.7 Å². The van der Waals surface area contributed by atoms with Crippen LogP contribution in [0.2, 0.25) is 0 Å². The molecular weight excluding hydrogens is 421 g/mol. The van der Waals surface area contributed by atoms with Gasteiger partial charge < -0.3 is 5.32 Å². The van der Waals surface area contributed by atoms with Gasteiger partial charge in [-0.05, 0) is 36.1 Å². The summed E-state index contributed by atoms with van der Waals surface area (Å²) in [5.74, 6) is 0.108. The van der Waals surface area contributed by atoms with Crippen molar-refractivity contribution in [1.82, 2.24) is 24.5 Å². The van der Waals surface area contributed by atoms with E-state index in [1.165, 1.54) is 22.3 Å². The Morgan fingerprint density at radius 3 is 2.58 bits per heavy atom. The second-order valence-corrected chi connectivity index (χ2v) is 9.04. The number of nitrogens with one attached hydrogen (secondary N) is 1. The Hall–Kier alpha value is -3.81. The maximum atomic E-state index is 13.6. The van der Waals surface area contributed by atoms with E-state index in [0.29, 0.717) is 30.9 Å². The lowest BCUT2D eigenvalue weighted by Gasteiger charge is -2.23. The third kappa shape index (κ3) is 5.16. The van der Waals surface area contributed by atoms with Crippen molar-refractivity contribution in [3.8, 4) is 5.69 Å². The minimum atomic E-state index is -0.427. The van der Waals surface area contributed by atoms with Crippen molar-refractivity contribution >= 4 is 11.6 Å². The van der Waals surface area contributed by atoms with E-state index in [2.05, 4.69) is 15.5 Å². The number of rotatable bonds is 7. The zero-order valence-electron chi connectivity index (χ0n) is 18.9. The zero-order chi connectivity index (χ0) is 23.6. The Morgan fingerprint density at radius 2 is 1.85 bits per heavy atom. The quantitative estimate of drug-likeness (QED) is 0.469. The monoisotopic (exact) mass is 447 g/mol. The molecule has 4 rings (SSSR count). The summed E-state index contributed by atoms with van der Waals surface area (Å²) in [7, 11) is 0. The summed E-state index contributed by atoms with van der Waals surface area (Å²) in [6, 6.07) is 13.8. The maximum absolute atomic E-state index is 13.6. The van der Waals surface area contributed by atoms with Crippen molar-refractivity contribution in [1.29, 1.82) is 0 Å². The summed E-state index contributed by atoms with van der Waals surface area (Å²) in [5.41, 5.74) is 1.99. The number of nitrogens with zero attached hydrogens (tertiary/aromatic N) is 4. The predicted molar refractivity (Wildman–Crippen MR) is 124 cm³/mol. The molecule has 0 saturated heterocycles. The SMILES string of the molecule is Cc1ccc(CNC(=O)CC(C)(C)Cc2nnc3c(=O)n(-c4cccc(F)c4)ccn23)cc1. The number of carbonyl (C=O) groups is 1. The number of hydrogen-bond acceptors (Lipinski definition) is 4. The van der Waals surface area contributed by atoms with Crippen LogP contribution in [-0.4, -0.2) is 25.1 Å². The molecule has 0 radical (unpaired) electrons. The molecule has 2 aromatic carbocycles. The van der Waals surface area contributed by atoms with Gasteiger partial charge in [0.25, 0.3) is 0 Å². The Bertz CT molecular complexity index is 1360. The fourth-order valence-electron chi connectivity index (χ4n) is 3.78. The molecule has 8 heteroatoms. The summed E-state index contributed by atoms with van der Waals surface area (Å²) in [6.07, 6.45) is 4.01. The van der Waals surface area contributed by atoms with Crippen LogP contribution in [0.1, 0.15) is 37.2 Å². The first kappa shape index (κ1) is 22.4. The second-order valence-electron chi connectivity index (χ2n) is 9.04. The lowest BCUT2D eigenvalue weighted by Crippen LogP contribution is -2.30. The molecule has 4 aromatic rings. The zero-order valence-corrected chi connectivity index (χ0v) is 18.9. The van der Waals surface area contributed by atoms with Gasteiger partial charge in [0.05, 0.1) is 5.69 Å². The van der Waals surface area contributed by atoms with Gasteiger partial charge in [0.15, 0.2) is 0 Å². The van der Waals surface area contributed by atoms with Crippen molar-refractivity contribution < 1.29 is 9.18 Å². The lowest BCUT2D eigenvalue weighted by molar-refractivity contribution is -0.123. The molecule has 0 bridgehead atoms. The van der Waals surface area contributed by atoms with E-state index in [0.717, 1.165) is 5.56 Å². The molecule has 0 aliphatic heterocycles. The van der Waals surface area contributed by atoms with Gasteiger partial charge in [-0.2, -0.15) is 0 Å². The number of aryl methyl sites for hydroxylation is 1. The number of fused-ring (bicyclic) bond motifs is 1. The molecule has 0 unspecified atom stereocenters. The number of benzene rings is 2. The molecule has 2 heterocycles. The average molecular weight is 448 g/mol. The van der Waals surface area contributed by atoms with Gasteiger partial charge in [-0.25, -0.2) is 4.39 Å². The fourth-order valence-corrected chi connectivity index (χ4v) is 3.78. The summed E-state index contributed by atoms with van der Waals surface area (Å²) in [4.78, 5) is 25.4. The van der Waals surface area contributed by atoms with E-state index in [9.17, 15) is 14.0 Å². The highest BCUT2D eigenvalue weighted by atomic mass is 19.1. The molecule has 0 spiro atoms. The normalized spacial score (nSPS) is 11.6. The van der Waals surface area contributed by atoms with Crippen LogP contribution in [0.3, 0.4) is 0 Å². The average Bonchev–Trinajstić information content (AvgIpc) is 3.16. The van der Waals surface area contributed by atoms with Gasteiger partial charge in [0.1, 0.15) is 11.6 Å². The number of amides is 1. The van der Waals surface area contributed by atoms with Crippen LogP contribution in [0, 0.1) is 18.2 Å². The number of aromatic nitrogens is 4. The first-order valence-electron chi connectivity index (χ1n) is 10.8. The molecule has 0 fully saturated rings. The van der Waals surface area contributed by atoms with E-state index in [4.69, 9.17) is 0 Å².